The molecule has 1 heterocycles. The van der Waals surface area contributed by atoms with Gasteiger partial charge in [0.2, 0.25) is 0 Å². The predicted octanol–water partition coefficient (Wildman–Crippen LogP) is 0.850. The molecule has 0 aliphatic heterocycles. The SMILES string of the molecule is C[I-]OC(=O)c1cnc(NC(=O)c2cccc(Oc3ccccc3C#N)c2)s1. The molecule has 28 heavy (non-hydrogen) atoms. The molecule has 0 saturated heterocycles. The molecule has 0 bridgehead atoms. The number of nitrogens with one attached hydrogen (secondary N) is 1. The van der Waals surface area contributed by atoms with Crippen LogP contribution in [0.5, 0.6) is 11.5 Å². The summed E-state index contributed by atoms with van der Waals surface area (Å²) < 4.78 is 10.7. The van der Waals surface area contributed by atoms with Gasteiger partial charge in [0.15, 0.2) is 0 Å². The van der Waals surface area contributed by atoms with E-state index in [9.17, 15) is 9.59 Å². The van der Waals surface area contributed by atoms with Crippen LogP contribution in [-0.4, -0.2) is 21.8 Å². The number of ether oxygens (including phenoxy) is 1. The molecule has 9 heteroatoms. The third-order valence-electron chi connectivity index (χ3n) is 3.41. The van der Waals surface area contributed by atoms with E-state index in [-0.39, 0.29) is 0 Å². The molecule has 0 atom stereocenters. The number of benzene rings is 2. The maximum atomic E-state index is 12.5. The normalized spacial score (nSPS) is 10.1. The minimum absolute atomic E-state index is 0.299. The number of rotatable bonds is 6. The predicted molar refractivity (Wildman–Crippen MR) is 99.1 cm³/mol. The van der Waals surface area contributed by atoms with Gasteiger partial charge in [0.05, 0.1) is 5.56 Å². The molecule has 7 nitrogen and oxygen atoms in total. The van der Waals surface area contributed by atoms with Crippen molar-refractivity contribution in [2.45, 2.75) is 0 Å². The fourth-order valence-electron chi connectivity index (χ4n) is 2.18. The maximum absolute atomic E-state index is 12.5. The summed E-state index contributed by atoms with van der Waals surface area (Å²) in [5, 5.41) is 12.1. The van der Waals surface area contributed by atoms with Crippen molar-refractivity contribution >= 4 is 28.3 Å². The van der Waals surface area contributed by atoms with Crippen molar-refractivity contribution in [1.29, 1.82) is 5.26 Å². The van der Waals surface area contributed by atoms with Crippen LogP contribution in [0.4, 0.5) is 5.13 Å². The van der Waals surface area contributed by atoms with Gasteiger partial charge >= 0.3 is 135 Å². The van der Waals surface area contributed by atoms with Gasteiger partial charge in [-0.15, -0.1) is 0 Å². The standard InChI is InChI=1S/C19H13IN3O4S/c1-20-27-18(25)16-11-22-19(28-16)23-17(24)12-6-4-7-14(9-12)26-15-8-3-2-5-13(15)10-21/h2-9,11H,1H3,(H,22,23,24)/q-1. The van der Waals surface area contributed by atoms with E-state index in [1.165, 1.54) is 6.20 Å². The zero-order valence-corrected chi connectivity index (χ0v) is 17.5. The fourth-order valence-corrected chi connectivity index (χ4v) is 3.65. The third kappa shape index (κ3) is 4.85. The van der Waals surface area contributed by atoms with Gasteiger partial charge in [-0.2, -0.15) is 5.26 Å². The van der Waals surface area contributed by atoms with Gasteiger partial charge < -0.3 is 0 Å². The van der Waals surface area contributed by atoms with Crippen LogP contribution in [0.3, 0.4) is 0 Å². The first-order chi connectivity index (χ1) is 13.6. The molecule has 0 radical (unpaired) electrons. The number of aromatic nitrogens is 1. The average molecular weight is 506 g/mol. The van der Waals surface area contributed by atoms with Crippen LogP contribution in [0.15, 0.2) is 54.7 Å². The Labute approximate surface area is 175 Å². The fraction of sp³-hybridized carbons (Fsp3) is 0.0526. The summed E-state index contributed by atoms with van der Waals surface area (Å²) >= 11 is 0.424. The number of halogens is 1. The van der Waals surface area contributed by atoms with Crippen molar-refractivity contribution in [3.8, 4) is 17.6 Å². The van der Waals surface area contributed by atoms with Gasteiger partial charge in [0, 0.05) is 0 Å². The van der Waals surface area contributed by atoms with Crippen molar-refractivity contribution in [3.05, 3.63) is 70.7 Å². The number of alkyl halides is 1. The molecule has 0 spiro atoms. The van der Waals surface area contributed by atoms with Crippen LogP contribution >= 0.6 is 11.3 Å². The van der Waals surface area contributed by atoms with Crippen molar-refractivity contribution in [3.63, 3.8) is 0 Å². The van der Waals surface area contributed by atoms with E-state index in [1.54, 1.807) is 48.5 Å². The van der Waals surface area contributed by atoms with E-state index in [4.69, 9.17) is 13.1 Å². The molecule has 1 aromatic heterocycles. The van der Waals surface area contributed by atoms with Gasteiger partial charge in [0.1, 0.15) is 6.07 Å². The van der Waals surface area contributed by atoms with Crippen molar-refractivity contribution in [1.82, 2.24) is 4.98 Å². The van der Waals surface area contributed by atoms with Gasteiger partial charge in [-0.1, -0.05) is 12.1 Å². The molecular weight excluding hydrogens is 493 g/mol. The van der Waals surface area contributed by atoms with Crippen LogP contribution in [0.1, 0.15) is 25.6 Å². The van der Waals surface area contributed by atoms with E-state index in [1.807, 2.05) is 4.93 Å². The Hall–Kier alpha value is -2.97. The van der Waals surface area contributed by atoms with Crippen LogP contribution < -0.4 is 31.7 Å². The molecule has 0 aliphatic carbocycles. The summed E-state index contributed by atoms with van der Waals surface area (Å²) in [4.78, 5) is 30.4. The molecular formula is C19H13IN3O4S-. The van der Waals surface area contributed by atoms with Crippen molar-refractivity contribution < 1.29 is 39.0 Å². The first-order valence-electron chi connectivity index (χ1n) is 7.85. The number of carbonyl (C=O) groups is 2. The summed E-state index contributed by atoms with van der Waals surface area (Å²) in [6.07, 6.45) is 1.38. The number of anilines is 1. The molecule has 1 amide bonds. The Morgan fingerprint density at radius 1 is 1.21 bits per heavy atom. The zero-order valence-electron chi connectivity index (χ0n) is 14.5. The molecule has 3 aromatic rings. The number of thiazole rings is 1. The molecule has 0 saturated carbocycles. The van der Waals surface area contributed by atoms with Crippen LogP contribution in [0.25, 0.3) is 0 Å². The van der Waals surface area contributed by atoms with Crippen LogP contribution in [-0.2, 0) is 3.07 Å². The third-order valence-corrected chi connectivity index (χ3v) is 5.14. The molecule has 0 fully saturated rings. The first kappa shape index (κ1) is 19.8. The van der Waals surface area contributed by atoms with Crippen LogP contribution in [0.2, 0.25) is 0 Å². The number of nitrogens with zero attached hydrogens (tertiary/aromatic N) is 2. The second-order valence-corrected chi connectivity index (χ2v) is 7.59. The monoisotopic (exact) mass is 506 g/mol. The molecule has 0 aliphatic rings. The Balaban J connectivity index is 1.72. The second kappa shape index (κ2) is 9.29. The number of para-hydroxylation sites is 1. The number of amides is 1. The van der Waals surface area contributed by atoms with E-state index >= 15 is 0 Å². The minimum atomic E-state index is -0.625. The van der Waals surface area contributed by atoms with E-state index in [0.29, 0.717) is 32.6 Å². The Morgan fingerprint density at radius 3 is 2.82 bits per heavy atom. The number of carbonyl (C=O) groups excluding carboxylic acids is 2. The van der Waals surface area contributed by atoms with E-state index in [0.717, 1.165) is 11.3 Å². The van der Waals surface area contributed by atoms with Gasteiger partial charge in [0.25, 0.3) is 0 Å². The second-order valence-electron chi connectivity index (χ2n) is 5.24. The first-order valence-corrected chi connectivity index (χ1v) is 11.7. The van der Waals surface area contributed by atoms with Gasteiger partial charge in [-0.3, -0.25) is 0 Å². The molecule has 3 rings (SSSR count). The van der Waals surface area contributed by atoms with Gasteiger partial charge in [-0.05, 0) is 12.1 Å². The summed E-state index contributed by atoms with van der Waals surface area (Å²) in [5.41, 5.74) is 0.750. The summed E-state index contributed by atoms with van der Waals surface area (Å²) in [5.74, 6) is 0.00561. The number of nitriles is 1. The summed E-state index contributed by atoms with van der Waals surface area (Å²) in [6.45, 7) is 0. The molecule has 0 unspecified atom stereocenters. The summed E-state index contributed by atoms with van der Waals surface area (Å²) in [7, 11) is 0. The van der Waals surface area contributed by atoms with Crippen molar-refractivity contribution in [2.24, 2.45) is 0 Å². The quantitative estimate of drug-likeness (QED) is 0.393. The van der Waals surface area contributed by atoms with Crippen LogP contribution in [0, 0.1) is 11.3 Å². The topological polar surface area (TPSA) is 101 Å². The number of hydrogen-bond acceptors (Lipinski definition) is 7. The molecule has 142 valence electrons. The van der Waals surface area contributed by atoms with E-state index < -0.39 is 33.5 Å². The van der Waals surface area contributed by atoms with E-state index in [2.05, 4.69) is 16.4 Å². The Kier molecular flexibility index (Phi) is 6.57. The number of hydrogen-bond donors (Lipinski definition) is 1. The van der Waals surface area contributed by atoms with Gasteiger partial charge in [-0.25, -0.2) is 0 Å². The Bertz CT molecular complexity index is 1060. The average Bonchev–Trinajstić information content (AvgIpc) is 3.17. The molecule has 1 N–H and O–H groups in total. The molecule has 2 aromatic carbocycles. The van der Waals surface area contributed by atoms with Crippen molar-refractivity contribution in [2.75, 3.05) is 10.2 Å². The summed E-state index contributed by atoms with van der Waals surface area (Å²) in [6, 6.07) is 15.5. The zero-order chi connectivity index (χ0) is 19.9. The Morgan fingerprint density at radius 2 is 2.04 bits per heavy atom.